The molecule has 0 atom stereocenters. The Kier molecular flexibility index (Phi) is 4.74. The van der Waals surface area contributed by atoms with Gasteiger partial charge < -0.3 is 10.6 Å². The van der Waals surface area contributed by atoms with Crippen LogP contribution in [0.1, 0.15) is 70.7 Å². The number of hydrogen-bond donors (Lipinski definition) is 2. The minimum atomic E-state index is 0.337. The van der Waals surface area contributed by atoms with Crippen molar-refractivity contribution < 1.29 is 0 Å². The molecule has 0 radical (unpaired) electrons. The summed E-state index contributed by atoms with van der Waals surface area (Å²) >= 11 is 0. The maximum atomic E-state index is 4.75. The van der Waals surface area contributed by atoms with Crippen LogP contribution < -0.4 is 10.6 Å². The summed E-state index contributed by atoms with van der Waals surface area (Å²) in [5.74, 6) is 3.18. The average molecular weight is 290 g/mol. The molecular formula is C17H30N4. The molecule has 4 nitrogen and oxygen atoms in total. The van der Waals surface area contributed by atoms with E-state index in [1.807, 2.05) is 7.05 Å². The molecule has 0 aliphatic heterocycles. The summed E-state index contributed by atoms with van der Waals surface area (Å²) in [7, 11) is 1.92. The first kappa shape index (κ1) is 16.1. The van der Waals surface area contributed by atoms with Gasteiger partial charge in [0.25, 0.3) is 0 Å². The normalized spacial score (nSPS) is 18.8. The predicted molar refractivity (Wildman–Crippen MR) is 90.1 cm³/mol. The van der Waals surface area contributed by atoms with E-state index >= 15 is 0 Å². The molecule has 2 rings (SSSR count). The van der Waals surface area contributed by atoms with Gasteiger partial charge in [-0.2, -0.15) is 0 Å². The smallest absolute Gasteiger partial charge is 0.135 e. The highest BCUT2D eigenvalue weighted by Gasteiger charge is 2.27. The van der Waals surface area contributed by atoms with Crippen molar-refractivity contribution in [2.75, 3.05) is 17.7 Å². The fourth-order valence-corrected chi connectivity index (χ4v) is 2.91. The summed E-state index contributed by atoms with van der Waals surface area (Å²) in [5, 5.41) is 6.86. The van der Waals surface area contributed by atoms with E-state index < -0.39 is 0 Å². The second kappa shape index (κ2) is 6.20. The lowest BCUT2D eigenvalue weighted by molar-refractivity contribution is 0.232. The second-order valence-electron chi connectivity index (χ2n) is 7.39. The summed E-state index contributed by atoms with van der Waals surface area (Å²) in [6.45, 7) is 11.1. The van der Waals surface area contributed by atoms with Crippen LogP contribution >= 0.6 is 0 Å². The molecule has 1 heterocycles. The lowest BCUT2D eigenvalue weighted by Gasteiger charge is -2.35. The minimum absolute atomic E-state index is 0.337. The highest BCUT2D eigenvalue weighted by Crippen LogP contribution is 2.36. The summed E-state index contributed by atoms with van der Waals surface area (Å²) < 4.78 is 0. The summed E-state index contributed by atoms with van der Waals surface area (Å²) in [4.78, 5) is 9.35. The van der Waals surface area contributed by atoms with Crippen molar-refractivity contribution in [3.8, 4) is 0 Å². The summed E-state index contributed by atoms with van der Waals surface area (Å²) in [6.07, 6.45) is 5.01. The lowest BCUT2D eigenvalue weighted by atomic mass is 9.75. The molecular weight excluding hydrogens is 260 g/mol. The Morgan fingerprint density at radius 3 is 2.19 bits per heavy atom. The molecule has 21 heavy (non-hydrogen) atoms. The Bertz CT molecular complexity index is 484. The first-order chi connectivity index (χ1) is 9.82. The molecule has 1 fully saturated rings. The van der Waals surface area contributed by atoms with E-state index in [0.717, 1.165) is 23.0 Å². The Balaban J connectivity index is 2.17. The maximum Gasteiger partial charge on any atom is 0.135 e. The number of anilines is 2. The monoisotopic (exact) mass is 290 g/mol. The molecule has 1 aromatic rings. The van der Waals surface area contributed by atoms with Crippen LogP contribution in [0.25, 0.3) is 0 Å². The van der Waals surface area contributed by atoms with E-state index in [9.17, 15) is 0 Å². The molecule has 0 aromatic carbocycles. The van der Waals surface area contributed by atoms with Crippen LogP contribution in [0.2, 0.25) is 0 Å². The van der Waals surface area contributed by atoms with Crippen molar-refractivity contribution in [2.24, 2.45) is 5.41 Å². The number of nitrogens with zero attached hydrogens (tertiary/aromatic N) is 2. The zero-order valence-corrected chi connectivity index (χ0v) is 14.4. The van der Waals surface area contributed by atoms with E-state index in [1.165, 1.54) is 25.7 Å². The standard InChI is InChI=1S/C17H30N4/c1-11(2)14-20-15(18-6)12(3)16(21-14)19-13-7-9-17(4,5)10-8-13/h11,13H,7-10H2,1-6H3,(H2,18,19,20,21). The quantitative estimate of drug-likeness (QED) is 0.866. The van der Waals surface area contributed by atoms with Gasteiger partial charge in [-0.05, 0) is 38.0 Å². The van der Waals surface area contributed by atoms with Gasteiger partial charge >= 0.3 is 0 Å². The Morgan fingerprint density at radius 1 is 1.10 bits per heavy atom. The Morgan fingerprint density at radius 2 is 1.67 bits per heavy atom. The first-order valence-electron chi connectivity index (χ1n) is 8.15. The molecule has 0 bridgehead atoms. The van der Waals surface area contributed by atoms with Crippen molar-refractivity contribution in [1.29, 1.82) is 0 Å². The van der Waals surface area contributed by atoms with Crippen LogP contribution in [-0.4, -0.2) is 23.1 Å². The van der Waals surface area contributed by atoms with Gasteiger partial charge in [0.2, 0.25) is 0 Å². The van der Waals surface area contributed by atoms with Gasteiger partial charge in [0, 0.05) is 24.6 Å². The molecule has 1 aromatic heterocycles. The van der Waals surface area contributed by atoms with E-state index in [0.29, 0.717) is 17.4 Å². The highest BCUT2D eigenvalue weighted by atomic mass is 15.1. The van der Waals surface area contributed by atoms with Gasteiger partial charge in [0.1, 0.15) is 17.5 Å². The molecule has 1 aliphatic rings. The molecule has 2 N–H and O–H groups in total. The first-order valence-corrected chi connectivity index (χ1v) is 8.15. The molecule has 0 saturated heterocycles. The molecule has 0 unspecified atom stereocenters. The van der Waals surface area contributed by atoms with Crippen LogP contribution in [0.5, 0.6) is 0 Å². The number of aromatic nitrogens is 2. The van der Waals surface area contributed by atoms with Crippen LogP contribution in [0, 0.1) is 12.3 Å². The van der Waals surface area contributed by atoms with Crippen molar-refractivity contribution in [3.05, 3.63) is 11.4 Å². The number of hydrogen-bond acceptors (Lipinski definition) is 4. The number of nitrogens with one attached hydrogen (secondary N) is 2. The van der Waals surface area contributed by atoms with Gasteiger partial charge in [-0.3, -0.25) is 0 Å². The van der Waals surface area contributed by atoms with Crippen molar-refractivity contribution >= 4 is 11.6 Å². The summed E-state index contributed by atoms with van der Waals surface area (Å²) in [5.41, 5.74) is 1.62. The van der Waals surface area contributed by atoms with Crippen molar-refractivity contribution in [1.82, 2.24) is 9.97 Å². The van der Waals surface area contributed by atoms with Crippen molar-refractivity contribution in [2.45, 2.75) is 72.3 Å². The fourth-order valence-electron chi connectivity index (χ4n) is 2.91. The van der Waals surface area contributed by atoms with E-state index in [-0.39, 0.29) is 0 Å². The van der Waals surface area contributed by atoms with Gasteiger partial charge in [0.05, 0.1) is 0 Å². The lowest BCUT2D eigenvalue weighted by Crippen LogP contribution is -2.30. The molecule has 0 amide bonds. The zero-order valence-electron chi connectivity index (χ0n) is 14.4. The third kappa shape index (κ3) is 3.86. The Hall–Kier alpha value is -1.32. The van der Waals surface area contributed by atoms with E-state index in [4.69, 9.17) is 4.98 Å². The van der Waals surface area contributed by atoms with E-state index in [2.05, 4.69) is 50.2 Å². The third-order valence-electron chi connectivity index (χ3n) is 4.60. The molecule has 4 heteroatoms. The van der Waals surface area contributed by atoms with Crippen LogP contribution in [0.3, 0.4) is 0 Å². The maximum absolute atomic E-state index is 4.75. The molecule has 118 valence electrons. The van der Waals surface area contributed by atoms with Gasteiger partial charge in [-0.15, -0.1) is 0 Å². The van der Waals surface area contributed by atoms with Gasteiger partial charge in [-0.1, -0.05) is 27.7 Å². The largest absolute Gasteiger partial charge is 0.373 e. The molecule has 0 spiro atoms. The highest BCUT2D eigenvalue weighted by molar-refractivity contribution is 5.57. The molecule has 1 saturated carbocycles. The third-order valence-corrected chi connectivity index (χ3v) is 4.60. The summed E-state index contributed by atoms with van der Waals surface area (Å²) in [6, 6.07) is 0.538. The van der Waals surface area contributed by atoms with Crippen LogP contribution in [-0.2, 0) is 0 Å². The zero-order chi connectivity index (χ0) is 15.6. The second-order valence-corrected chi connectivity index (χ2v) is 7.39. The van der Waals surface area contributed by atoms with E-state index in [1.54, 1.807) is 0 Å². The minimum Gasteiger partial charge on any atom is -0.373 e. The topological polar surface area (TPSA) is 49.8 Å². The molecule has 1 aliphatic carbocycles. The van der Waals surface area contributed by atoms with Gasteiger partial charge in [0.15, 0.2) is 0 Å². The SMILES string of the molecule is CNc1nc(C(C)C)nc(NC2CCC(C)(C)CC2)c1C. The van der Waals surface area contributed by atoms with Crippen molar-refractivity contribution in [3.63, 3.8) is 0 Å². The average Bonchev–Trinajstić information content (AvgIpc) is 2.43. The predicted octanol–water partition coefficient (Wildman–Crippen LogP) is 4.33. The van der Waals surface area contributed by atoms with Crippen LogP contribution in [0.4, 0.5) is 11.6 Å². The number of rotatable bonds is 4. The Labute approximate surface area is 129 Å². The van der Waals surface area contributed by atoms with Gasteiger partial charge in [-0.25, -0.2) is 9.97 Å². The van der Waals surface area contributed by atoms with Crippen LogP contribution in [0.15, 0.2) is 0 Å². The fraction of sp³-hybridized carbons (Fsp3) is 0.765.